The van der Waals surface area contributed by atoms with E-state index in [9.17, 15) is 0 Å². The van der Waals surface area contributed by atoms with Gasteiger partial charge in [0.1, 0.15) is 24.0 Å². The van der Waals surface area contributed by atoms with E-state index in [1.807, 2.05) is 25.3 Å². The van der Waals surface area contributed by atoms with Gasteiger partial charge in [-0.15, -0.1) is 0 Å². The standard InChI is InChI=1S/C20H23N7OS/c1-15-23-18(13-19(24-15)27-9-7-26(8-10-27)11-12-28)25-20-22-14-17(29-20)16-3-2-5-21-6-4-16/h4,6,13-14,28H,5,7-12H2,1H3,(H,22,23,24,25). The summed E-state index contributed by atoms with van der Waals surface area (Å²) < 4.78 is 0. The van der Waals surface area contributed by atoms with Gasteiger partial charge >= 0.3 is 0 Å². The van der Waals surface area contributed by atoms with Crippen molar-refractivity contribution in [2.24, 2.45) is 4.99 Å². The second-order valence-electron chi connectivity index (χ2n) is 6.74. The van der Waals surface area contributed by atoms with Gasteiger partial charge in [0.15, 0.2) is 5.13 Å². The highest BCUT2D eigenvalue weighted by Crippen LogP contribution is 2.28. The van der Waals surface area contributed by atoms with E-state index in [1.54, 1.807) is 6.21 Å². The number of aryl methyl sites for hydroxylation is 1. The van der Waals surface area contributed by atoms with Crippen LogP contribution in [0.1, 0.15) is 10.7 Å². The summed E-state index contributed by atoms with van der Waals surface area (Å²) in [4.78, 5) is 23.3. The van der Waals surface area contributed by atoms with Crippen LogP contribution in [0.4, 0.5) is 16.8 Å². The summed E-state index contributed by atoms with van der Waals surface area (Å²) in [5, 5.41) is 13.2. The number of anilines is 3. The third-order valence-electron chi connectivity index (χ3n) is 4.68. The molecule has 0 radical (unpaired) electrons. The molecule has 0 aliphatic carbocycles. The van der Waals surface area contributed by atoms with Crippen molar-refractivity contribution >= 4 is 39.9 Å². The van der Waals surface area contributed by atoms with Crippen LogP contribution in [0.15, 0.2) is 23.3 Å². The summed E-state index contributed by atoms with van der Waals surface area (Å²) in [5.74, 6) is 8.50. The summed E-state index contributed by atoms with van der Waals surface area (Å²) in [5.41, 5.74) is 0.928. The van der Waals surface area contributed by atoms with E-state index in [0.717, 1.165) is 59.9 Å². The Morgan fingerprint density at radius 3 is 2.93 bits per heavy atom. The topological polar surface area (TPSA) is 89.8 Å². The average molecular weight is 410 g/mol. The minimum atomic E-state index is 0.200. The SMILES string of the molecule is Cc1nc(Nc2ncc(C3=CC=NCC#C3)s2)cc(N2CCN(CCO)CC2)n1. The molecule has 2 aliphatic heterocycles. The van der Waals surface area contributed by atoms with Gasteiger partial charge in [0, 0.05) is 56.8 Å². The van der Waals surface area contributed by atoms with Crippen molar-refractivity contribution in [2.45, 2.75) is 6.92 Å². The minimum Gasteiger partial charge on any atom is -0.395 e. The van der Waals surface area contributed by atoms with Crippen molar-refractivity contribution in [3.63, 3.8) is 0 Å². The van der Waals surface area contributed by atoms with Gasteiger partial charge in [-0.25, -0.2) is 15.0 Å². The predicted octanol–water partition coefficient (Wildman–Crippen LogP) is 1.57. The summed E-state index contributed by atoms with van der Waals surface area (Å²) in [7, 11) is 0. The number of piperazine rings is 1. The number of nitrogens with one attached hydrogen (secondary N) is 1. The fourth-order valence-corrected chi connectivity index (χ4v) is 4.04. The maximum atomic E-state index is 9.11. The van der Waals surface area contributed by atoms with Crippen LogP contribution in [-0.2, 0) is 0 Å². The van der Waals surface area contributed by atoms with Crippen molar-refractivity contribution < 1.29 is 5.11 Å². The third kappa shape index (κ3) is 4.98. The van der Waals surface area contributed by atoms with E-state index in [4.69, 9.17) is 5.11 Å². The number of aromatic nitrogens is 3. The third-order valence-corrected chi connectivity index (χ3v) is 5.63. The molecule has 0 spiro atoms. The first-order valence-electron chi connectivity index (χ1n) is 9.57. The molecule has 29 heavy (non-hydrogen) atoms. The van der Waals surface area contributed by atoms with E-state index in [2.05, 4.69) is 46.9 Å². The fourth-order valence-electron chi connectivity index (χ4n) is 3.23. The Bertz CT molecular complexity index is 980. The van der Waals surface area contributed by atoms with E-state index < -0.39 is 0 Å². The summed E-state index contributed by atoms with van der Waals surface area (Å²) in [6, 6.07) is 1.97. The number of aliphatic hydroxyl groups is 1. The molecule has 8 nitrogen and oxygen atoms in total. The first kappa shape index (κ1) is 19.5. The first-order chi connectivity index (χ1) is 14.2. The van der Waals surface area contributed by atoms with Crippen LogP contribution in [0, 0.1) is 18.8 Å². The van der Waals surface area contributed by atoms with Gasteiger partial charge in [-0.1, -0.05) is 23.2 Å². The molecule has 2 N–H and O–H groups in total. The molecule has 1 fully saturated rings. The molecule has 0 atom stereocenters. The van der Waals surface area contributed by atoms with E-state index >= 15 is 0 Å². The van der Waals surface area contributed by atoms with Crippen LogP contribution >= 0.6 is 11.3 Å². The van der Waals surface area contributed by atoms with Crippen LogP contribution in [0.25, 0.3) is 5.57 Å². The van der Waals surface area contributed by atoms with Gasteiger partial charge in [-0.3, -0.25) is 9.89 Å². The molecule has 2 aliphatic rings. The number of nitrogens with zero attached hydrogens (tertiary/aromatic N) is 6. The lowest BCUT2D eigenvalue weighted by molar-refractivity contribution is 0.188. The zero-order valence-electron chi connectivity index (χ0n) is 16.3. The van der Waals surface area contributed by atoms with Crippen LogP contribution in [0.2, 0.25) is 0 Å². The maximum Gasteiger partial charge on any atom is 0.188 e. The number of hydrogen-bond acceptors (Lipinski definition) is 9. The molecule has 4 rings (SSSR count). The Morgan fingerprint density at radius 1 is 1.24 bits per heavy atom. The van der Waals surface area contributed by atoms with E-state index in [0.29, 0.717) is 12.4 Å². The smallest absolute Gasteiger partial charge is 0.188 e. The Labute approximate surface area is 174 Å². The quantitative estimate of drug-likeness (QED) is 0.700. The normalized spacial score (nSPS) is 16.8. The van der Waals surface area contributed by atoms with E-state index in [-0.39, 0.29) is 6.61 Å². The lowest BCUT2D eigenvalue weighted by Crippen LogP contribution is -2.47. The Kier molecular flexibility index (Phi) is 6.14. The van der Waals surface area contributed by atoms with Gasteiger partial charge in [-0.05, 0) is 13.0 Å². The summed E-state index contributed by atoms with van der Waals surface area (Å²) in [6.45, 7) is 6.95. The highest BCUT2D eigenvalue weighted by Gasteiger charge is 2.19. The van der Waals surface area contributed by atoms with Crippen LogP contribution < -0.4 is 10.2 Å². The lowest BCUT2D eigenvalue weighted by atomic mass is 10.2. The number of hydrogen-bond donors (Lipinski definition) is 2. The molecule has 1 saturated heterocycles. The Morgan fingerprint density at radius 2 is 2.10 bits per heavy atom. The largest absolute Gasteiger partial charge is 0.395 e. The van der Waals surface area contributed by atoms with Gasteiger partial charge in [0.05, 0.1) is 11.5 Å². The molecule has 2 aromatic heterocycles. The van der Waals surface area contributed by atoms with Gasteiger partial charge in [0.2, 0.25) is 0 Å². The maximum absolute atomic E-state index is 9.11. The van der Waals surface area contributed by atoms with Gasteiger partial charge in [0.25, 0.3) is 0 Å². The number of aliphatic hydroxyl groups excluding tert-OH is 1. The minimum absolute atomic E-state index is 0.200. The van der Waals surface area contributed by atoms with Gasteiger partial charge in [-0.2, -0.15) is 0 Å². The fraction of sp³-hybridized carbons (Fsp3) is 0.400. The highest BCUT2D eigenvalue weighted by molar-refractivity contribution is 7.16. The van der Waals surface area contributed by atoms with Crippen molar-refractivity contribution in [1.29, 1.82) is 0 Å². The molecular formula is C20H23N7OS. The lowest BCUT2D eigenvalue weighted by Gasteiger charge is -2.35. The van der Waals surface area contributed by atoms with Crippen molar-refractivity contribution in [2.75, 3.05) is 56.1 Å². The molecule has 0 aromatic carbocycles. The first-order valence-corrected chi connectivity index (χ1v) is 10.4. The number of thiazole rings is 1. The van der Waals surface area contributed by atoms with Crippen molar-refractivity contribution in [3.8, 4) is 11.8 Å². The van der Waals surface area contributed by atoms with Crippen LogP contribution in [0.5, 0.6) is 0 Å². The molecule has 9 heteroatoms. The molecule has 150 valence electrons. The summed E-state index contributed by atoms with van der Waals surface area (Å²) in [6.07, 6.45) is 5.51. The average Bonchev–Trinajstić information content (AvgIpc) is 3.00. The monoisotopic (exact) mass is 409 g/mol. The molecule has 0 amide bonds. The number of β-amino-alcohol motifs (C(OH)–C–C–N with tert-alkyl or cyclic N) is 1. The van der Waals surface area contributed by atoms with Crippen molar-refractivity contribution in [1.82, 2.24) is 19.9 Å². The molecule has 4 heterocycles. The number of allylic oxidation sites excluding steroid dienone is 2. The molecular weight excluding hydrogens is 386 g/mol. The van der Waals surface area contributed by atoms with Crippen molar-refractivity contribution in [3.05, 3.63) is 29.0 Å². The number of aliphatic imine (C=N–C) groups is 1. The highest BCUT2D eigenvalue weighted by atomic mass is 32.1. The Balaban J connectivity index is 1.47. The zero-order valence-corrected chi connectivity index (χ0v) is 17.1. The molecule has 0 saturated carbocycles. The molecule has 2 aromatic rings. The van der Waals surface area contributed by atoms with E-state index in [1.165, 1.54) is 11.3 Å². The molecule has 0 bridgehead atoms. The van der Waals surface area contributed by atoms with Crippen LogP contribution in [0.3, 0.4) is 0 Å². The molecule has 0 unspecified atom stereocenters. The van der Waals surface area contributed by atoms with Crippen LogP contribution in [-0.4, -0.2) is 77.0 Å². The predicted molar refractivity (Wildman–Crippen MR) is 117 cm³/mol. The second kappa shape index (κ2) is 9.13. The van der Waals surface area contributed by atoms with Gasteiger partial charge < -0.3 is 15.3 Å². The summed E-state index contributed by atoms with van der Waals surface area (Å²) >= 11 is 1.54. The zero-order chi connectivity index (χ0) is 20.1. The second-order valence-corrected chi connectivity index (χ2v) is 7.77. The number of rotatable bonds is 6. The Hall–Kier alpha value is -2.80.